The van der Waals surface area contributed by atoms with E-state index in [9.17, 15) is 0 Å². The van der Waals surface area contributed by atoms with Gasteiger partial charge in [0.25, 0.3) is 0 Å². The Bertz CT molecular complexity index is 2800. The number of hydrogen-bond donors (Lipinski definition) is 1. The van der Waals surface area contributed by atoms with Crippen molar-refractivity contribution in [2.24, 2.45) is 5.92 Å². The zero-order valence-electron chi connectivity index (χ0n) is 59.8. The lowest BCUT2D eigenvalue weighted by Crippen LogP contribution is -2.43. The van der Waals surface area contributed by atoms with Crippen molar-refractivity contribution in [1.82, 2.24) is 76.5 Å². The Hall–Kier alpha value is -7.18. The number of anilines is 2. The quantitative estimate of drug-likeness (QED) is 0.140. The van der Waals surface area contributed by atoms with Crippen LogP contribution in [-0.4, -0.2) is 110 Å². The van der Waals surface area contributed by atoms with Crippen LogP contribution in [0.25, 0.3) is 0 Å². The summed E-state index contributed by atoms with van der Waals surface area (Å²) in [7, 11) is 0. The largest absolute Gasteiger partial charge is 0.425 e. The predicted molar refractivity (Wildman–Crippen MR) is 367 cm³/mol. The summed E-state index contributed by atoms with van der Waals surface area (Å²) in [5.74, 6) is 13.6. The van der Waals surface area contributed by atoms with Gasteiger partial charge in [0.15, 0.2) is 29.1 Å². The van der Waals surface area contributed by atoms with Crippen LogP contribution in [0, 0.1) is 61.3 Å². The van der Waals surface area contributed by atoms with Crippen molar-refractivity contribution in [3.63, 3.8) is 0 Å². The second kappa shape index (κ2) is 40.6. The minimum absolute atomic E-state index is 0.542. The fourth-order valence-corrected chi connectivity index (χ4v) is 14.3. The number of aromatic nitrogens is 14. The third-order valence-electron chi connectivity index (χ3n) is 19.6. The van der Waals surface area contributed by atoms with Gasteiger partial charge in [-0.1, -0.05) is 152 Å². The Kier molecular flexibility index (Phi) is 31.0. The second-order valence-electron chi connectivity index (χ2n) is 27.9. The van der Waals surface area contributed by atoms with E-state index in [1.165, 1.54) is 218 Å². The Morgan fingerprint density at radius 3 is 1.31 bits per heavy atom. The molecule has 25 nitrogen and oxygen atoms in total. The Labute approximate surface area is 574 Å². The molecule has 97 heavy (non-hydrogen) atoms. The first-order valence-corrected chi connectivity index (χ1v) is 37.2. The predicted octanol–water partition coefficient (Wildman–Crippen LogP) is 17.0. The Balaban J connectivity index is 0.000000130. The molecular formula is C72H113N17O8. The van der Waals surface area contributed by atoms with Crippen LogP contribution in [0.4, 0.5) is 12.0 Å². The lowest BCUT2D eigenvalue weighted by atomic mass is 9.87. The van der Waals surface area contributed by atoms with E-state index in [4.69, 9.17) is 36.1 Å². The first-order chi connectivity index (χ1) is 47.4. The molecule has 10 heterocycles. The molecule has 6 saturated carbocycles. The lowest BCUT2D eigenvalue weighted by Gasteiger charge is -2.24. The van der Waals surface area contributed by atoms with Crippen molar-refractivity contribution < 1.29 is 36.1 Å². The van der Waals surface area contributed by atoms with Crippen LogP contribution < -0.4 is 15.1 Å². The third-order valence-corrected chi connectivity index (χ3v) is 19.6. The molecule has 0 amide bonds. The van der Waals surface area contributed by atoms with E-state index < -0.39 is 0 Å². The van der Waals surface area contributed by atoms with E-state index in [1.807, 2.05) is 55.4 Å². The van der Waals surface area contributed by atoms with E-state index in [0.29, 0.717) is 59.2 Å². The van der Waals surface area contributed by atoms with E-state index >= 15 is 0 Å². The zero-order valence-corrected chi connectivity index (χ0v) is 59.8. The first kappa shape index (κ1) is 74.1. The molecule has 25 heteroatoms. The summed E-state index contributed by atoms with van der Waals surface area (Å²) in [6.07, 6.45) is 44.3. The number of aryl methyl sites for hydroxylation is 8. The van der Waals surface area contributed by atoms with Gasteiger partial charge in [-0.2, -0.15) is 24.9 Å². The van der Waals surface area contributed by atoms with Gasteiger partial charge in [0.05, 0.1) is 11.4 Å². The molecule has 8 aliphatic rings. The summed E-state index contributed by atoms with van der Waals surface area (Å²) < 4.78 is 41.0. The molecule has 0 unspecified atom stereocenters. The maximum atomic E-state index is 5.40. The summed E-state index contributed by atoms with van der Waals surface area (Å²) in [5, 5.41) is 38.2. The highest BCUT2D eigenvalue weighted by Gasteiger charge is 2.25. The molecule has 8 aromatic rings. The van der Waals surface area contributed by atoms with Crippen molar-refractivity contribution in [2.45, 2.75) is 303 Å². The molecule has 1 N–H and O–H groups in total. The van der Waals surface area contributed by atoms with E-state index in [2.05, 4.69) is 98.5 Å². The molecule has 0 aromatic carbocycles. The molecule has 0 bridgehead atoms. The molecular weight excluding hydrogens is 1230 g/mol. The van der Waals surface area contributed by atoms with Crippen molar-refractivity contribution >= 4 is 12.0 Å². The fraction of sp³-hybridized carbons (Fsp3) is 0.750. The average Bonchev–Trinajstić information content (AvgIpc) is 2.68. The van der Waals surface area contributed by atoms with Crippen molar-refractivity contribution in [3.8, 4) is 0 Å². The number of rotatable bonds is 9. The highest BCUT2D eigenvalue weighted by atomic mass is 16.5. The summed E-state index contributed by atoms with van der Waals surface area (Å²) in [6, 6.07) is 5.49. The van der Waals surface area contributed by atoms with Gasteiger partial charge in [-0.25, -0.2) is 0 Å². The Morgan fingerprint density at radius 2 is 0.856 bits per heavy atom. The van der Waals surface area contributed by atoms with Gasteiger partial charge in [0.2, 0.25) is 29.5 Å². The second-order valence-corrected chi connectivity index (χ2v) is 27.9. The third kappa shape index (κ3) is 25.9. The topological polar surface area (TPSA) is 304 Å². The van der Waals surface area contributed by atoms with Crippen LogP contribution >= 0.6 is 0 Å². The highest BCUT2D eigenvalue weighted by molar-refractivity contribution is 5.26. The van der Waals surface area contributed by atoms with Crippen LogP contribution in [0.5, 0.6) is 0 Å². The number of hydrogen-bond acceptors (Lipinski definition) is 25. The highest BCUT2D eigenvalue weighted by Crippen LogP contribution is 2.36. The SMILES string of the molecule is Cc1cc(C2CCCCC2)no1.Cc1cc(C2CCCCC2)on1.Cc1nc(C2CCCCC2)no1.Cc1nnc(C2CCCCC2)o1.Cc1noc(C2CCCCC2)n1.Cc1noc(CC2CCCCC2)n1.Cc1noc(N2CCCCC2)n1.Cc1noc(N2CCNCC2)n1. The minimum atomic E-state index is 0.542. The van der Waals surface area contributed by atoms with Gasteiger partial charge < -0.3 is 51.2 Å². The molecule has 8 aromatic heterocycles. The number of piperidine rings is 1. The van der Waals surface area contributed by atoms with Crippen molar-refractivity contribution in [2.75, 3.05) is 49.1 Å². The molecule has 8 fully saturated rings. The first-order valence-electron chi connectivity index (χ1n) is 37.2. The van der Waals surface area contributed by atoms with Crippen LogP contribution in [0.15, 0.2) is 48.2 Å². The normalized spacial score (nSPS) is 19.3. The molecule has 2 saturated heterocycles. The van der Waals surface area contributed by atoms with Gasteiger partial charge in [0.1, 0.15) is 11.5 Å². The number of piperazine rings is 1. The van der Waals surface area contributed by atoms with E-state index in [-0.39, 0.29) is 0 Å². The van der Waals surface area contributed by atoms with E-state index in [0.717, 1.165) is 110 Å². The maximum Gasteiger partial charge on any atom is 0.324 e. The molecule has 0 atom stereocenters. The van der Waals surface area contributed by atoms with Crippen LogP contribution in [-0.2, 0) is 6.42 Å². The van der Waals surface area contributed by atoms with Gasteiger partial charge in [-0.05, 0) is 144 Å². The van der Waals surface area contributed by atoms with Gasteiger partial charge in [0, 0.05) is 101 Å². The summed E-state index contributed by atoms with van der Waals surface area (Å²) >= 11 is 0. The fourth-order valence-electron chi connectivity index (χ4n) is 14.3. The molecule has 6 aliphatic carbocycles. The molecule has 0 spiro atoms. The minimum Gasteiger partial charge on any atom is -0.425 e. The molecule has 534 valence electrons. The van der Waals surface area contributed by atoms with Crippen LogP contribution in [0.3, 0.4) is 0 Å². The van der Waals surface area contributed by atoms with Crippen LogP contribution in [0.1, 0.15) is 323 Å². The van der Waals surface area contributed by atoms with Gasteiger partial charge in [-0.15, -0.1) is 10.2 Å². The molecule has 0 radical (unpaired) electrons. The standard InChI is InChI=1S/C10H16N2O.2C10H15NO.3C9H14N2O.C8H13N3O.C7H12N4O/c1-8-11-10(13-12-8)7-9-5-3-2-4-6-9;1-8-7-10(11-12-8)9-5-3-2-4-6-9;1-8-7-10(12-11-8)9-5-3-2-4-6-9;1-7-10-11-9(12-7)8-5-3-2-4-6-8;1-7-10-9(11-12-7)8-5-3-2-4-6-8;1-7-10-9(12-11-7)8-5-3-2-4-6-8;1-7-9-8(12-10-7)11-5-3-2-4-6-11;1-6-9-7(12-10-6)11-4-2-8-3-5-11/h9H,2-7H2,1H3;2*7,9H,2-6H2,1H3;3*8H,2-6H2,1H3;2-6H2,1H3;8H,2-5H2,1H3. The van der Waals surface area contributed by atoms with Crippen molar-refractivity contribution in [3.05, 3.63) is 93.6 Å². The van der Waals surface area contributed by atoms with Crippen molar-refractivity contribution in [1.29, 1.82) is 0 Å². The van der Waals surface area contributed by atoms with E-state index in [1.54, 1.807) is 0 Å². The average molecular weight is 1340 g/mol. The number of nitrogens with one attached hydrogen (secondary N) is 1. The zero-order chi connectivity index (χ0) is 67.8. The summed E-state index contributed by atoms with van der Waals surface area (Å²) in [4.78, 5) is 25.3. The monoisotopic (exact) mass is 1340 g/mol. The lowest BCUT2D eigenvalue weighted by molar-refractivity contribution is 0.304. The maximum absolute atomic E-state index is 5.40. The van der Waals surface area contributed by atoms with Gasteiger partial charge in [-0.3, -0.25) is 0 Å². The molecule has 16 rings (SSSR count). The smallest absolute Gasteiger partial charge is 0.324 e. The summed E-state index contributed by atoms with van der Waals surface area (Å²) in [6.45, 7) is 21.0. The van der Waals surface area contributed by atoms with Crippen LogP contribution in [0.2, 0.25) is 0 Å². The number of nitrogens with zero attached hydrogens (tertiary/aromatic N) is 16. The summed E-state index contributed by atoms with van der Waals surface area (Å²) in [5.41, 5.74) is 2.18. The Morgan fingerprint density at radius 1 is 0.371 bits per heavy atom. The molecule has 2 aliphatic heterocycles. The van der Waals surface area contributed by atoms with Gasteiger partial charge >= 0.3 is 12.0 Å².